The van der Waals surface area contributed by atoms with Crippen LogP contribution in [0.15, 0.2) is 24.0 Å². The van der Waals surface area contributed by atoms with E-state index >= 15 is 0 Å². The van der Waals surface area contributed by atoms with Crippen molar-refractivity contribution in [3.05, 3.63) is 34.8 Å². The molecule has 0 radical (unpaired) electrons. The fourth-order valence-corrected chi connectivity index (χ4v) is 2.40. The van der Waals surface area contributed by atoms with Crippen molar-refractivity contribution in [3.63, 3.8) is 0 Å². The van der Waals surface area contributed by atoms with Gasteiger partial charge < -0.3 is 9.88 Å². The number of imidazole rings is 1. The monoisotopic (exact) mass is 250 g/mol. The van der Waals surface area contributed by atoms with Crippen molar-refractivity contribution < 1.29 is 0 Å². The van der Waals surface area contributed by atoms with Crippen LogP contribution in [0.4, 0.5) is 0 Å². The third kappa shape index (κ3) is 3.14. The number of rotatable bonds is 6. The molecule has 0 aromatic carbocycles. The van der Waals surface area contributed by atoms with Gasteiger partial charge in [-0.2, -0.15) is 0 Å². The van der Waals surface area contributed by atoms with E-state index < -0.39 is 0 Å². The van der Waals surface area contributed by atoms with Gasteiger partial charge in [-0.15, -0.1) is 11.3 Å². The summed E-state index contributed by atoms with van der Waals surface area (Å²) in [5.41, 5.74) is 0. The number of aryl methyl sites for hydroxylation is 1. The Labute approximate surface area is 106 Å². The number of aromatic nitrogens is 3. The van der Waals surface area contributed by atoms with Crippen molar-refractivity contribution in [3.8, 4) is 0 Å². The zero-order valence-electron chi connectivity index (χ0n) is 10.3. The van der Waals surface area contributed by atoms with Crippen LogP contribution in [0.5, 0.6) is 0 Å². The van der Waals surface area contributed by atoms with Gasteiger partial charge in [0.05, 0.1) is 12.6 Å². The summed E-state index contributed by atoms with van der Waals surface area (Å²) in [6.07, 6.45) is 6.87. The van der Waals surface area contributed by atoms with Crippen molar-refractivity contribution >= 4 is 11.3 Å². The molecule has 4 nitrogen and oxygen atoms in total. The summed E-state index contributed by atoms with van der Waals surface area (Å²) >= 11 is 1.68. The van der Waals surface area contributed by atoms with Gasteiger partial charge in [0.25, 0.3) is 0 Å². The molecule has 0 aliphatic heterocycles. The molecule has 0 fully saturated rings. The van der Waals surface area contributed by atoms with E-state index in [0.717, 1.165) is 30.3 Å². The second-order valence-corrected chi connectivity index (χ2v) is 4.94. The van der Waals surface area contributed by atoms with Gasteiger partial charge in [0.15, 0.2) is 0 Å². The number of hydrogen-bond acceptors (Lipinski definition) is 4. The maximum absolute atomic E-state index is 4.37. The first-order chi connectivity index (χ1) is 8.31. The molecular formula is C12H18N4S. The molecule has 2 rings (SSSR count). The van der Waals surface area contributed by atoms with Crippen LogP contribution in [0.3, 0.4) is 0 Å². The van der Waals surface area contributed by atoms with Crippen LogP contribution >= 0.6 is 11.3 Å². The van der Waals surface area contributed by atoms with Crippen LogP contribution in [-0.2, 0) is 13.1 Å². The molecule has 0 saturated heterocycles. The number of nitrogens with one attached hydrogen (secondary N) is 1. The van der Waals surface area contributed by atoms with E-state index in [4.69, 9.17) is 0 Å². The standard InChI is InChI=1S/C12H18N4S/c1-3-6-16-7-4-13-11(16)9-15-10(2)12-14-5-8-17-12/h4-5,7-8,10,15H,3,6,9H2,1-2H3. The molecule has 1 atom stereocenters. The van der Waals surface area contributed by atoms with Crippen LogP contribution < -0.4 is 5.32 Å². The van der Waals surface area contributed by atoms with E-state index in [9.17, 15) is 0 Å². The Morgan fingerprint density at radius 2 is 2.29 bits per heavy atom. The van der Waals surface area contributed by atoms with Gasteiger partial charge >= 0.3 is 0 Å². The van der Waals surface area contributed by atoms with Gasteiger partial charge in [-0.3, -0.25) is 0 Å². The molecule has 0 bridgehead atoms. The average Bonchev–Trinajstić information content (AvgIpc) is 2.97. The highest BCUT2D eigenvalue weighted by atomic mass is 32.1. The van der Waals surface area contributed by atoms with Crippen molar-refractivity contribution in [2.45, 2.75) is 39.4 Å². The van der Waals surface area contributed by atoms with Crippen molar-refractivity contribution in [1.29, 1.82) is 0 Å². The Morgan fingerprint density at radius 1 is 1.41 bits per heavy atom. The smallest absolute Gasteiger partial charge is 0.122 e. The van der Waals surface area contributed by atoms with E-state index in [0.29, 0.717) is 0 Å². The Bertz CT molecular complexity index is 435. The first-order valence-corrected chi connectivity index (χ1v) is 6.82. The molecule has 92 valence electrons. The summed E-state index contributed by atoms with van der Waals surface area (Å²) in [5, 5.41) is 6.58. The van der Waals surface area contributed by atoms with Gasteiger partial charge in [0.1, 0.15) is 10.8 Å². The molecule has 17 heavy (non-hydrogen) atoms. The molecular weight excluding hydrogens is 232 g/mol. The molecule has 2 aromatic heterocycles. The van der Waals surface area contributed by atoms with Crippen molar-refractivity contribution in [1.82, 2.24) is 19.9 Å². The lowest BCUT2D eigenvalue weighted by Gasteiger charge is -2.12. The number of hydrogen-bond donors (Lipinski definition) is 1. The summed E-state index contributed by atoms with van der Waals surface area (Å²) in [5.74, 6) is 1.09. The fourth-order valence-electron chi connectivity index (χ4n) is 1.73. The highest BCUT2D eigenvalue weighted by Crippen LogP contribution is 2.15. The Balaban J connectivity index is 1.91. The lowest BCUT2D eigenvalue weighted by Crippen LogP contribution is -2.20. The predicted molar refractivity (Wildman–Crippen MR) is 69.9 cm³/mol. The molecule has 2 aromatic rings. The molecule has 0 spiro atoms. The Hall–Kier alpha value is -1.20. The van der Waals surface area contributed by atoms with Gasteiger partial charge in [-0.05, 0) is 13.3 Å². The molecule has 0 saturated carbocycles. The van der Waals surface area contributed by atoms with Gasteiger partial charge in [0.2, 0.25) is 0 Å². The van der Waals surface area contributed by atoms with Crippen LogP contribution in [0.2, 0.25) is 0 Å². The molecule has 5 heteroatoms. The largest absolute Gasteiger partial charge is 0.334 e. The quantitative estimate of drug-likeness (QED) is 0.857. The minimum absolute atomic E-state index is 0.279. The number of nitrogens with zero attached hydrogens (tertiary/aromatic N) is 3. The minimum Gasteiger partial charge on any atom is -0.334 e. The highest BCUT2D eigenvalue weighted by Gasteiger charge is 2.09. The Morgan fingerprint density at radius 3 is 3.00 bits per heavy atom. The average molecular weight is 250 g/mol. The van der Waals surface area contributed by atoms with Gasteiger partial charge in [0, 0.05) is 30.5 Å². The second kappa shape index (κ2) is 5.93. The summed E-state index contributed by atoms with van der Waals surface area (Å²) < 4.78 is 2.20. The molecule has 1 N–H and O–H groups in total. The maximum Gasteiger partial charge on any atom is 0.122 e. The second-order valence-electron chi connectivity index (χ2n) is 4.01. The normalized spacial score (nSPS) is 12.8. The highest BCUT2D eigenvalue weighted by molar-refractivity contribution is 7.09. The van der Waals surface area contributed by atoms with Gasteiger partial charge in [-0.25, -0.2) is 9.97 Å². The lowest BCUT2D eigenvalue weighted by molar-refractivity contribution is 0.530. The SMILES string of the molecule is CCCn1ccnc1CNC(C)c1nccs1. The van der Waals surface area contributed by atoms with Crippen LogP contribution in [-0.4, -0.2) is 14.5 Å². The van der Waals surface area contributed by atoms with E-state index in [2.05, 4.69) is 33.7 Å². The first kappa shape index (κ1) is 12.3. The third-order valence-electron chi connectivity index (χ3n) is 2.65. The molecule has 1 unspecified atom stereocenters. The van der Waals surface area contributed by atoms with Gasteiger partial charge in [-0.1, -0.05) is 6.92 Å². The summed E-state index contributed by atoms with van der Waals surface area (Å²) in [6, 6.07) is 0.279. The zero-order chi connectivity index (χ0) is 12.1. The van der Waals surface area contributed by atoms with Crippen molar-refractivity contribution in [2.24, 2.45) is 0 Å². The van der Waals surface area contributed by atoms with E-state index in [1.54, 1.807) is 11.3 Å². The fraction of sp³-hybridized carbons (Fsp3) is 0.500. The first-order valence-electron chi connectivity index (χ1n) is 5.94. The lowest BCUT2D eigenvalue weighted by atomic mass is 10.3. The van der Waals surface area contributed by atoms with E-state index in [-0.39, 0.29) is 6.04 Å². The van der Waals surface area contributed by atoms with Crippen molar-refractivity contribution in [2.75, 3.05) is 0 Å². The van der Waals surface area contributed by atoms with Crippen LogP contribution in [0.25, 0.3) is 0 Å². The minimum atomic E-state index is 0.279. The van der Waals surface area contributed by atoms with Crippen LogP contribution in [0, 0.1) is 0 Å². The molecule has 0 aliphatic carbocycles. The Kier molecular flexibility index (Phi) is 4.28. The number of thiazole rings is 1. The maximum atomic E-state index is 4.37. The summed E-state index contributed by atoms with van der Waals surface area (Å²) in [6.45, 7) is 6.12. The van der Waals surface area contributed by atoms with E-state index in [1.165, 1.54) is 0 Å². The predicted octanol–water partition coefficient (Wildman–Crippen LogP) is 2.60. The molecule has 2 heterocycles. The van der Waals surface area contributed by atoms with Crippen LogP contribution in [0.1, 0.15) is 37.1 Å². The topological polar surface area (TPSA) is 42.7 Å². The summed E-state index contributed by atoms with van der Waals surface area (Å²) in [4.78, 5) is 8.68. The molecule has 0 aliphatic rings. The summed E-state index contributed by atoms with van der Waals surface area (Å²) in [7, 11) is 0. The third-order valence-corrected chi connectivity index (χ3v) is 3.61. The molecule has 0 amide bonds. The van der Waals surface area contributed by atoms with E-state index in [1.807, 2.05) is 24.0 Å². The zero-order valence-corrected chi connectivity index (χ0v) is 11.1.